The van der Waals surface area contributed by atoms with Gasteiger partial charge in [-0.2, -0.15) is 0 Å². The molecule has 0 amide bonds. The smallest absolute Gasteiger partial charge is 0.306 e. The van der Waals surface area contributed by atoms with Crippen molar-refractivity contribution in [2.45, 2.75) is 284 Å². The molecule has 0 fully saturated rings. The number of esters is 3. The highest BCUT2D eigenvalue weighted by molar-refractivity contribution is 5.71. The van der Waals surface area contributed by atoms with Gasteiger partial charge in [0.25, 0.3) is 0 Å². The first-order valence-electron chi connectivity index (χ1n) is 31.7. The Bertz CT molecular complexity index is 1650. The molecule has 0 heterocycles. The van der Waals surface area contributed by atoms with E-state index < -0.39 is 12.1 Å². The molecule has 0 rings (SSSR count). The fourth-order valence-electron chi connectivity index (χ4n) is 8.39. The fraction of sp³-hybridized carbons (Fsp3) is 0.648. The van der Waals surface area contributed by atoms with Crippen molar-refractivity contribution in [3.05, 3.63) is 134 Å². The highest BCUT2D eigenvalue weighted by atomic mass is 16.6. The molecular weight excluding hydrogens is 949 g/mol. The molecule has 6 nitrogen and oxygen atoms in total. The van der Waals surface area contributed by atoms with Crippen molar-refractivity contribution in [1.82, 2.24) is 0 Å². The van der Waals surface area contributed by atoms with Gasteiger partial charge >= 0.3 is 17.9 Å². The molecule has 6 heteroatoms. The van der Waals surface area contributed by atoms with Crippen molar-refractivity contribution in [1.29, 1.82) is 0 Å². The zero-order valence-electron chi connectivity index (χ0n) is 49.9. The third kappa shape index (κ3) is 62.3. The highest BCUT2D eigenvalue weighted by Gasteiger charge is 2.19. The number of hydrogen-bond acceptors (Lipinski definition) is 6. The van der Waals surface area contributed by atoms with E-state index >= 15 is 0 Å². The lowest BCUT2D eigenvalue weighted by Gasteiger charge is -2.18. The van der Waals surface area contributed by atoms with E-state index in [1.807, 2.05) is 6.08 Å². The van der Waals surface area contributed by atoms with Crippen LogP contribution in [0.25, 0.3) is 0 Å². The maximum atomic E-state index is 12.9. The minimum atomic E-state index is -0.838. The largest absolute Gasteiger partial charge is 0.462 e. The Balaban J connectivity index is 4.55. The van der Waals surface area contributed by atoms with Crippen molar-refractivity contribution in [3.8, 4) is 0 Å². The Kier molecular flexibility index (Phi) is 60.4. The van der Waals surface area contributed by atoms with Gasteiger partial charge in [-0.15, -0.1) is 0 Å². The number of ether oxygens (including phenoxy) is 3. The minimum absolute atomic E-state index is 0.122. The van der Waals surface area contributed by atoms with Gasteiger partial charge in [-0.05, 0) is 128 Å². The molecule has 0 unspecified atom stereocenters. The molecule has 0 bridgehead atoms. The lowest BCUT2D eigenvalue weighted by atomic mass is 10.0. The van der Waals surface area contributed by atoms with E-state index in [1.54, 1.807) is 0 Å². The third-order valence-electron chi connectivity index (χ3n) is 13.1. The molecule has 0 aromatic rings. The molecule has 0 radical (unpaired) electrons. The summed E-state index contributed by atoms with van der Waals surface area (Å²) in [4.78, 5) is 38.3. The topological polar surface area (TPSA) is 78.9 Å². The van der Waals surface area contributed by atoms with E-state index in [4.69, 9.17) is 14.2 Å². The zero-order valence-corrected chi connectivity index (χ0v) is 49.9. The van der Waals surface area contributed by atoms with Crippen LogP contribution >= 0.6 is 0 Å². The molecule has 0 aliphatic rings. The van der Waals surface area contributed by atoms with E-state index in [-0.39, 0.29) is 31.6 Å². The molecule has 0 spiro atoms. The highest BCUT2D eigenvalue weighted by Crippen LogP contribution is 2.15. The predicted molar refractivity (Wildman–Crippen MR) is 334 cm³/mol. The van der Waals surface area contributed by atoms with E-state index in [2.05, 4.69) is 148 Å². The van der Waals surface area contributed by atoms with Gasteiger partial charge in [0.05, 0.1) is 0 Å². The fourth-order valence-corrected chi connectivity index (χ4v) is 8.39. The standard InChI is InChI=1S/C71H116O6/c1-4-7-10-13-16-19-22-25-28-31-34-35-38-40-43-46-49-52-55-58-61-64-70(73)76-67-68(77-71(74)65-62-59-56-53-50-47-44-41-37-33-30-27-24-21-18-15-12-9-6-3)66-75-69(72)63-60-57-54-51-48-45-42-39-36-32-29-26-23-20-17-14-11-8-5-2/h8,11,17-18,20-21,25-30,36-37,39,41,45,47-48,50,56,59,68H,4-7,9-10,12-16,19,22-24,31-35,38,40,42-44,46,49,51-55,57-58,60-67H2,1-3H3/b11-8-,20-17-,21-18-,28-25-,29-26-,30-27-,39-36-,41-37-,48-45-,50-47-,59-56-/t68-/m1/s1. The summed E-state index contributed by atoms with van der Waals surface area (Å²) in [5, 5.41) is 0. The van der Waals surface area contributed by atoms with Crippen LogP contribution < -0.4 is 0 Å². The second kappa shape index (κ2) is 64.1. The van der Waals surface area contributed by atoms with Gasteiger partial charge in [0.2, 0.25) is 0 Å². The number of unbranched alkanes of at least 4 members (excludes halogenated alkanes) is 23. The summed E-state index contributed by atoms with van der Waals surface area (Å²) in [7, 11) is 0. The van der Waals surface area contributed by atoms with Crippen molar-refractivity contribution >= 4 is 17.9 Å². The van der Waals surface area contributed by atoms with Gasteiger partial charge in [0, 0.05) is 19.3 Å². The average Bonchev–Trinajstić information content (AvgIpc) is 3.43. The first kappa shape index (κ1) is 72.5. The van der Waals surface area contributed by atoms with Crippen molar-refractivity contribution in [2.24, 2.45) is 0 Å². The molecule has 0 aromatic heterocycles. The van der Waals surface area contributed by atoms with Gasteiger partial charge < -0.3 is 14.2 Å². The lowest BCUT2D eigenvalue weighted by Crippen LogP contribution is -2.30. The molecule has 0 saturated heterocycles. The lowest BCUT2D eigenvalue weighted by molar-refractivity contribution is -0.166. The van der Waals surface area contributed by atoms with Crippen LogP contribution in [0, 0.1) is 0 Å². The quantitative estimate of drug-likeness (QED) is 0.0261. The van der Waals surface area contributed by atoms with Crippen LogP contribution in [0.15, 0.2) is 134 Å². The predicted octanol–water partition coefficient (Wildman–Crippen LogP) is 21.8. The summed E-state index contributed by atoms with van der Waals surface area (Å²) >= 11 is 0. The summed E-state index contributed by atoms with van der Waals surface area (Å²) in [6, 6.07) is 0. The summed E-state index contributed by atoms with van der Waals surface area (Å²) in [5.41, 5.74) is 0. The molecule has 77 heavy (non-hydrogen) atoms. The average molecular weight is 1070 g/mol. The van der Waals surface area contributed by atoms with E-state index in [1.165, 1.54) is 128 Å². The number of carbonyl (C=O) groups excluding carboxylic acids is 3. The first-order chi connectivity index (χ1) is 38.0. The molecule has 436 valence electrons. The van der Waals surface area contributed by atoms with Crippen LogP contribution in [-0.4, -0.2) is 37.2 Å². The summed E-state index contributed by atoms with van der Waals surface area (Å²) < 4.78 is 16.8. The van der Waals surface area contributed by atoms with Crippen LogP contribution in [-0.2, 0) is 28.6 Å². The van der Waals surface area contributed by atoms with E-state index in [9.17, 15) is 14.4 Å². The summed E-state index contributed by atoms with van der Waals surface area (Å²) in [5.74, 6) is -1.04. The Hall–Kier alpha value is -4.45. The summed E-state index contributed by atoms with van der Waals surface area (Å²) in [6.07, 6.45) is 90.3. The molecule has 0 aliphatic heterocycles. The molecular formula is C71H116O6. The minimum Gasteiger partial charge on any atom is -0.462 e. The Labute approximate surface area is 475 Å². The Morgan fingerprint density at radius 3 is 0.896 bits per heavy atom. The third-order valence-corrected chi connectivity index (χ3v) is 13.1. The van der Waals surface area contributed by atoms with Gasteiger partial charge in [-0.25, -0.2) is 0 Å². The number of allylic oxidation sites excluding steroid dienone is 22. The Morgan fingerprint density at radius 2 is 0.532 bits per heavy atom. The molecule has 0 aromatic carbocycles. The van der Waals surface area contributed by atoms with Crippen LogP contribution in [0.4, 0.5) is 0 Å². The molecule has 1 atom stereocenters. The normalized spacial score (nSPS) is 13.0. The second-order valence-electron chi connectivity index (χ2n) is 20.6. The van der Waals surface area contributed by atoms with E-state index in [0.717, 1.165) is 103 Å². The summed E-state index contributed by atoms with van der Waals surface area (Å²) in [6.45, 7) is 6.42. The van der Waals surface area contributed by atoms with Gasteiger partial charge in [0.1, 0.15) is 13.2 Å². The van der Waals surface area contributed by atoms with Crippen LogP contribution in [0.1, 0.15) is 278 Å². The maximum Gasteiger partial charge on any atom is 0.306 e. The number of rotatable bonds is 56. The first-order valence-corrected chi connectivity index (χ1v) is 31.7. The SMILES string of the molecule is CC/C=C\C/C=C\C/C=C\C/C=C\C/C=C\CCCCCC(=O)OC[C@H](COC(=O)CCCCCCCCCCCCC/C=C\CCCCCCCC)OC(=O)CC/C=C\C/C=C\C/C=C\C/C=C\C/C=C\CCCCC. The van der Waals surface area contributed by atoms with Crippen molar-refractivity contribution in [2.75, 3.05) is 13.2 Å². The van der Waals surface area contributed by atoms with E-state index in [0.29, 0.717) is 19.3 Å². The van der Waals surface area contributed by atoms with Crippen LogP contribution in [0.3, 0.4) is 0 Å². The van der Waals surface area contributed by atoms with Crippen LogP contribution in [0.5, 0.6) is 0 Å². The van der Waals surface area contributed by atoms with Gasteiger partial charge in [0.15, 0.2) is 6.10 Å². The van der Waals surface area contributed by atoms with Gasteiger partial charge in [-0.1, -0.05) is 264 Å². The van der Waals surface area contributed by atoms with Crippen molar-refractivity contribution in [3.63, 3.8) is 0 Å². The van der Waals surface area contributed by atoms with Gasteiger partial charge in [-0.3, -0.25) is 14.4 Å². The zero-order chi connectivity index (χ0) is 55.7. The molecule has 0 N–H and O–H groups in total. The van der Waals surface area contributed by atoms with Crippen molar-refractivity contribution < 1.29 is 28.6 Å². The second-order valence-corrected chi connectivity index (χ2v) is 20.6. The Morgan fingerprint density at radius 1 is 0.273 bits per heavy atom. The molecule has 0 saturated carbocycles. The maximum absolute atomic E-state index is 12.9. The monoisotopic (exact) mass is 1060 g/mol. The van der Waals surface area contributed by atoms with Crippen LogP contribution in [0.2, 0.25) is 0 Å². The molecule has 0 aliphatic carbocycles. The number of hydrogen-bond donors (Lipinski definition) is 0. The number of carbonyl (C=O) groups is 3.